The third-order valence-electron chi connectivity index (χ3n) is 4.23. The Labute approximate surface area is 154 Å². The molecule has 0 aliphatic carbocycles. The maximum absolute atomic E-state index is 12.0. The molecule has 4 N–H and O–H groups in total. The van der Waals surface area contributed by atoms with Gasteiger partial charge in [-0.2, -0.15) is 0 Å². The number of hydrogen-bond acceptors (Lipinski definition) is 4. The SMILES string of the molecule is CCOc1cc2c(cc1CNC(=O)CCCCCNC(N)=O)O[C@H](C)C2. The Morgan fingerprint density at radius 2 is 2.08 bits per heavy atom. The van der Waals surface area contributed by atoms with Gasteiger partial charge >= 0.3 is 6.03 Å². The fourth-order valence-corrected chi connectivity index (χ4v) is 2.99. The first-order chi connectivity index (χ1) is 12.5. The van der Waals surface area contributed by atoms with Crippen molar-refractivity contribution >= 4 is 11.9 Å². The molecule has 0 saturated heterocycles. The first kappa shape index (κ1) is 19.9. The fraction of sp³-hybridized carbons (Fsp3) is 0.579. The third kappa shape index (κ3) is 6.13. The lowest BCUT2D eigenvalue weighted by atomic mass is 10.1. The number of carbonyl (C=O) groups is 2. The number of ether oxygens (including phenoxy) is 2. The Morgan fingerprint density at radius 3 is 2.81 bits per heavy atom. The van der Waals surface area contributed by atoms with Crippen molar-refractivity contribution in [3.8, 4) is 11.5 Å². The molecular formula is C19H29N3O4. The largest absolute Gasteiger partial charge is 0.494 e. The first-order valence-corrected chi connectivity index (χ1v) is 9.24. The van der Waals surface area contributed by atoms with Crippen LogP contribution in [0.15, 0.2) is 12.1 Å². The zero-order valence-corrected chi connectivity index (χ0v) is 15.6. The lowest BCUT2D eigenvalue weighted by molar-refractivity contribution is -0.121. The number of unbranched alkanes of at least 4 members (excludes halogenated alkanes) is 2. The van der Waals surface area contributed by atoms with Gasteiger partial charge < -0.3 is 25.8 Å². The Hall–Kier alpha value is -2.44. The molecule has 1 atom stereocenters. The predicted octanol–water partition coefficient (Wildman–Crippen LogP) is 2.25. The van der Waals surface area contributed by atoms with Gasteiger partial charge in [-0.3, -0.25) is 4.79 Å². The summed E-state index contributed by atoms with van der Waals surface area (Å²) in [5.41, 5.74) is 7.07. The van der Waals surface area contributed by atoms with Crippen molar-refractivity contribution in [3.63, 3.8) is 0 Å². The highest BCUT2D eigenvalue weighted by Crippen LogP contribution is 2.35. The molecule has 1 aromatic rings. The van der Waals surface area contributed by atoms with Crippen LogP contribution in [0.4, 0.5) is 4.79 Å². The molecular weight excluding hydrogens is 334 g/mol. The zero-order valence-electron chi connectivity index (χ0n) is 15.6. The minimum absolute atomic E-state index is 0.00472. The summed E-state index contributed by atoms with van der Waals surface area (Å²) in [6.45, 7) is 5.53. The van der Waals surface area contributed by atoms with Gasteiger partial charge in [-0.15, -0.1) is 0 Å². The molecule has 0 aromatic heterocycles. The maximum Gasteiger partial charge on any atom is 0.312 e. The minimum Gasteiger partial charge on any atom is -0.494 e. The van der Waals surface area contributed by atoms with E-state index < -0.39 is 6.03 Å². The number of hydrogen-bond donors (Lipinski definition) is 3. The molecule has 1 heterocycles. The van der Waals surface area contributed by atoms with E-state index in [9.17, 15) is 9.59 Å². The average Bonchev–Trinajstić information content (AvgIpc) is 2.94. The summed E-state index contributed by atoms with van der Waals surface area (Å²) in [5.74, 6) is 1.69. The number of rotatable bonds is 10. The summed E-state index contributed by atoms with van der Waals surface area (Å²) in [5, 5.41) is 5.48. The van der Waals surface area contributed by atoms with E-state index in [1.54, 1.807) is 0 Å². The Bertz CT molecular complexity index is 633. The van der Waals surface area contributed by atoms with Crippen LogP contribution in [-0.4, -0.2) is 31.2 Å². The van der Waals surface area contributed by atoms with Crippen LogP contribution < -0.4 is 25.8 Å². The van der Waals surface area contributed by atoms with Crippen molar-refractivity contribution in [2.24, 2.45) is 5.73 Å². The second-order valence-electron chi connectivity index (χ2n) is 6.51. The van der Waals surface area contributed by atoms with Gasteiger partial charge in [0.05, 0.1) is 6.61 Å². The highest BCUT2D eigenvalue weighted by atomic mass is 16.5. The molecule has 144 valence electrons. The van der Waals surface area contributed by atoms with Crippen LogP contribution in [0.3, 0.4) is 0 Å². The normalized spacial score (nSPS) is 15.1. The quantitative estimate of drug-likeness (QED) is 0.555. The van der Waals surface area contributed by atoms with Crippen LogP contribution in [0.5, 0.6) is 11.5 Å². The average molecular weight is 363 g/mol. The van der Waals surface area contributed by atoms with Crippen molar-refractivity contribution < 1.29 is 19.1 Å². The number of nitrogens with two attached hydrogens (primary N) is 1. The number of urea groups is 1. The smallest absolute Gasteiger partial charge is 0.312 e. The van der Waals surface area contributed by atoms with Crippen LogP contribution in [0.1, 0.15) is 50.7 Å². The van der Waals surface area contributed by atoms with E-state index in [2.05, 4.69) is 10.6 Å². The van der Waals surface area contributed by atoms with Crippen LogP contribution in [0.25, 0.3) is 0 Å². The third-order valence-corrected chi connectivity index (χ3v) is 4.23. The van der Waals surface area contributed by atoms with Crippen LogP contribution in [0, 0.1) is 0 Å². The van der Waals surface area contributed by atoms with Gasteiger partial charge in [0.25, 0.3) is 0 Å². The van der Waals surface area contributed by atoms with E-state index in [0.29, 0.717) is 26.1 Å². The zero-order chi connectivity index (χ0) is 18.9. The van der Waals surface area contributed by atoms with E-state index in [0.717, 1.165) is 48.3 Å². The first-order valence-electron chi connectivity index (χ1n) is 9.24. The monoisotopic (exact) mass is 363 g/mol. The number of fused-ring (bicyclic) bond motifs is 1. The minimum atomic E-state index is -0.513. The summed E-state index contributed by atoms with van der Waals surface area (Å²) in [4.78, 5) is 22.6. The Morgan fingerprint density at radius 1 is 1.27 bits per heavy atom. The lowest BCUT2D eigenvalue weighted by Gasteiger charge is -2.13. The highest BCUT2D eigenvalue weighted by molar-refractivity contribution is 5.76. The van der Waals surface area contributed by atoms with Crippen LogP contribution in [0.2, 0.25) is 0 Å². The van der Waals surface area contributed by atoms with Crippen molar-refractivity contribution in [1.82, 2.24) is 10.6 Å². The van der Waals surface area contributed by atoms with Gasteiger partial charge in [-0.1, -0.05) is 6.42 Å². The highest BCUT2D eigenvalue weighted by Gasteiger charge is 2.22. The van der Waals surface area contributed by atoms with Gasteiger partial charge in [0.15, 0.2) is 0 Å². The van der Waals surface area contributed by atoms with E-state index in [1.165, 1.54) is 0 Å². The van der Waals surface area contributed by atoms with E-state index in [4.69, 9.17) is 15.2 Å². The van der Waals surface area contributed by atoms with Gasteiger partial charge in [0.2, 0.25) is 5.91 Å². The standard InChI is InChI=1S/C19H29N3O4/c1-3-25-16-10-14-9-13(2)26-17(14)11-15(16)12-22-18(23)7-5-4-6-8-21-19(20)24/h10-11,13H,3-9,12H2,1-2H3,(H,22,23)(H3,20,21,24)/t13-/m1/s1. The second kappa shape index (κ2) is 9.89. The van der Waals surface area contributed by atoms with Crippen LogP contribution in [-0.2, 0) is 17.8 Å². The summed E-state index contributed by atoms with van der Waals surface area (Å²) in [6.07, 6.45) is 3.96. The molecule has 0 bridgehead atoms. The maximum atomic E-state index is 12.0. The topological polar surface area (TPSA) is 103 Å². The summed E-state index contributed by atoms with van der Waals surface area (Å²) in [7, 11) is 0. The Kier molecular flexibility index (Phi) is 7.56. The molecule has 0 fully saturated rings. The molecule has 1 aliphatic rings. The van der Waals surface area contributed by atoms with Crippen molar-refractivity contribution in [1.29, 1.82) is 0 Å². The molecule has 0 radical (unpaired) electrons. The summed E-state index contributed by atoms with van der Waals surface area (Å²) >= 11 is 0. The van der Waals surface area contributed by atoms with Crippen molar-refractivity contribution in [2.75, 3.05) is 13.2 Å². The Balaban J connectivity index is 1.78. The van der Waals surface area contributed by atoms with Crippen molar-refractivity contribution in [3.05, 3.63) is 23.3 Å². The van der Waals surface area contributed by atoms with E-state index in [1.807, 2.05) is 26.0 Å². The number of benzene rings is 1. The molecule has 26 heavy (non-hydrogen) atoms. The number of primary amides is 1. The summed E-state index contributed by atoms with van der Waals surface area (Å²) in [6, 6.07) is 3.48. The fourth-order valence-electron chi connectivity index (χ4n) is 2.99. The molecule has 7 heteroatoms. The van der Waals surface area contributed by atoms with Crippen LogP contribution >= 0.6 is 0 Å². The van der Waals surface area contributed by atoms with Gasteiger partial charge in [-0.25, -0.2) is 4.79 Å². The van der Waals surface area contributed by atoms with Gasteiger partial charge in [0.1, 0.15) is 17.6 Å². The van der Waals surface area contributed by atoms with E-state index >= 15 is 0 Å². The molecule has 0 spiro atoms. The lowest BCUT2D eigenvalue weighted by Crippen LogP contribution is -2.30. The summed E-state index contributed by atoms with van der Waals surface area (Å²) < 4.78 is 11.5. The molecule has 3 amide bonds. The molecule has 0 unspecified atom stereocenters. The molecule has 0 saturated carbocycles. The molecule has 1 aromatic carbocycles. The molecule has 2 rings (SSSR count). The number of carbonyl (C=O) groups excluding carboxylic acids is 2. The van der Waals surface area contributed by atoms with Gasteiger partial charge in [0, 0.05) is 37.1 Å². The van der Waals surface area contributed by atoms with Gasteiger partial charge in [-0.05, 0) is 38.8 Å². The second-order valence-corrected chi connectivity index (χ2v) is 6.51. The number of amides is 3. The van der Waals surface area contributed by atoms with Crippen molar-refractivity contribution in [2.45, 2.75) is 58.6 Å². The molecule has 7 nitrogen and oxygen atoms in total. The predicted molar refractivity (Wildman–Crippen MR) is 99.3 cm³/mol. The van der Waals surface area contributed by atoms with E-state index in [-0.39, 0.29) is 12.0 Å². The molecule has 1 aliphatic heterocycles. The number of nitrogens with one attached hydrogen (secondary N) is 2.